The summed E-state index contributed by atoms with van der Waals surface area (Å²) in [6.07, 6.45) is 2.15. The fourth-order valence-electron chi connectivity index (χ4n) is 3.08. The molecule has 124 valence electrons. The number of piperazine rings is 1. The lowest BCUT2D eigenvalue weighted by molar-refractivity contribution is -0.132. The second-order valence-electron chi connectivity index (χ2n) is 6.78. The molecule has 0 atom stereocenters. The van der Waals surface area contributed by atoms with E-state index >= 15 is 0 Å². The highest BCUT2D eigenvalue weighted by Gasteiger charge is 2.34. The summed E-state index contributed by atoms with van der Waals surface area (Å²) in [7, 11) is 0. The predicted molar refractivity (Wildman–Crippen MR) is 88.6 cm³/mol. The standard InChI is InChI=1S/C16H24N6O/c1-11-8-14(19-13-9-17-10-13)20-16(18-11)22-6-4-21(5-7-22)15(23)12-2-3-12/h8,12-13,17H,2-7,9-10H2,1H3,(H,18,19,20). The van der Waals surface area contributed by atoms with Gasteiger partial charge in [-0.05, 0) is 19.8 Å². The molecule has 2 N–H and O–H groups in total. The minimum Gasteiger partial charge on any atom is -0.365 e. The molecule has 1 aliphatic carbocycles. The molecule has 7 heteroatoms. The van der Waals surface area contributed by atoms with Crippen molar-refractivity contribution in [2.24, 2.45) is 5.92 Å². The summed E-state index contributed by atoms with van der Waals surface area (Å²) in [4.78, 5) is 25.6. The molecule has 0 aromatic carbocycles. The zero-order valence-corrected chi connectivity index (χ0v) is 13.6. The molecular weight excluding hydrogens is 292 g/mol. The van der Waals surface area contributed by atoms with E-state index in [0.717, 1.165) is 69.6 Å². The van der Waals surface area contributed by atoms with Crippen molar-refractivity contribution in [3.63, 3.8) is 0 Å². The van der Waals surface area contributed by atoms with Gasteiger partial charge in [0.2, 0.25) is 11.9 Å². The van der Waals surface area contributed by atoms with Crippen LogP contribution in [0.4, 0.5) is 11.8 Å². The largest absolute Gasteiger partial charge is 0.365 e. The highest BCUT2D eigenvalue weighted by Crippen LogP contribution is 2.31. The molecule has 1 aromatic heterocycles. The van der Waals surface area contributed by atoms with Crippen LogP contribution in [0.25, 0.3) is 0 Å². The van der Waals surface area contributed by atoms with E-state index in [1.54, 1.807) is 0 Å². The monoisotopic (exact) mass is 316 g/mol. The first-order valence-electron chi connectivity index (χ1n) is 8.56. The van der Waals surface area contributed by atoms with Crippen LogP contribution in [0.15, 0.2) is 6.07 Å². The quantitative estimate of drug-likeness (QED) is 0.828. The van der Waals surface area contributed by atoms with Crippen molar-refractivity contribution in [2.75, 3.05) is 49.5 Å². The number of hydrogen-bond acceptors (Lipinski definition) is 6. The van der Waals surface area contributed by atoms with E-state index in [1.807, 2.05) is 17.9 Å². The molecule has 0 unspecified atom stereocenters. The van der Waals surface area contributed by atoms with Crippen LogP contribution in [0.1, 0.15) is 18.5 Å². The van der Waals surface area contributed by atoms with Crippen molar-refractivity contribution in [1.29, 1.82) is 0 Å². The molecule has 3 aliphatic rings. The molecule has 3 fully saturated rings. The molecule has 0 radical (unpaired) electrons. The molecule has 3 heterocycles. The third-order valence-corrected chi connectivity index (χ3v) is 4.78. The van der Waals surface area contributed by atoms with Gasteiger partial charge < -0.3 is 20.4 Å². The summed E-state index contributed by atoms with van der Waals surface area (Å²) in [5.41, 5.74) is 0.973. The lowest BCUT2D eigenvalue weighted by Crippen LogP contribution is -2.51. The van der Waals surface area contributed by atoms with Crippen molar-refractivity contribution in [3.8, 4) is 0 Å². The van der Waals surface area contributed by atoms with Crippen LogP contribution < -0.4 is 15.5 Å². The number of aromatic nitrogens is 2. The number of aryl methyl sites for hydroxylation is 1. The predicted octanol–water partition coefficient (Wildman–Crippen LogP) is 0.227. The molecule has 1 amide bonds. The highest BCUT2D eigenvalue weighted by molar-refractivity contribution is 5.81. The van der Waals surface area contributed by atoms with Crippen molar-refractivity contribution in [1.82, 2.24) is 20.2 Å². The number of nitrogens with one attached hydrogen (secondary N) is 2. The Hall–Kier alpha value is -1.89. The average molecular weight is 316 g/mol. The minimum atomic E-state index is 0.309. The Bertz CT molecular complexity index is 590. The van der Waals surface area contributed by atoms with Gasteiger partial charge in [0.15, 0.2) is 0 Å². The number of hydrogen-bond donors (Lipinski definition) is 2. The Kier molecular flexibility index (Phi) is 3.80. The Morgan fingerprint density at radius 3 is 2.57 bits per heavy atom. The number of nitrogens with zero attached hydrogens (tertiary/aromatic N) is 4. The van der Waals surface area contributed by atoms with Gasteiger partial charge in [-0.3, -0.25) is 4.79 Å². The smallest absolute Gasteiger partial charge is 0.227 e. The van der Waals surface area contributed by atoms with Crippen LogP contribution in [0, 0.1) is 12.8 Å². The maximum atomic E-state index is 12.1. The Balaban J connectivity index is 1.40. The summed E-state index contributed by atoms with van der Waals surface area (Å²) in [6, 6.07) is 2.46. The lowest BCUT2D eigenvalue weighted by atomic mass is 10.2. The number of amides is 1. The van der Waals surface area contributed by atoms with E-state index < -0.39 is 0 Å². The summed E-state index contributed by atoms with van der Waals surface area (Å²) in [5.74, 6) is 2.33. The van der Waals surface area contributed by atoms with E-state index in [0.29, 0.717) is 17.9 Å². The van der Waals surface area contributed by atoms with Gasteiger partial charge in [0.25, 0.3) is 0 Å². The number of rotatable bonds is 4. The van der Waals surface area contributed by atoms with E-state index in [4.69, 9.17) is 0 Å². The second-order valence-corrected chi connectivity index (χ2v) is 6.78. The zero-order valence-electron chi connectivity index (χ0n) is 13.6. The van der Waals surface area contributed by atoms with Crippen LogP contribution in [0.2, 0.25) is 0 Å². The first kappa shape index (κ1) is 14.7. The van der Waals surface area contributed by atoms with Gasteiger partial charge in [-0.1, -0.05) is 0 Å². The van der Waals surface area contributed by atoms with Gasteiger partial charge in [0.1, 0.15) is 5.82 Å². The summed E-state index contributed by atoms with van der Waals surface area (Å²) >= 11 is 0. The molecule has 1 saturated carbocycles. The molecule has 2 saturated heterocycles. The third kappa shape index (κ3) is 3.24. The second kappa shape index (κ2) is 5.96. The topological polar surface area (TPSA) is 73.4 Å². The summed E-state index contributed by atoms with van der Waals surface area (Å²) in [6.45, 7) is 7.16. The van der Waals surface area contributed by atoms with Crippen LogP contribution in [-0.4, -0.2) is 66.1 Å². The third-order valence-electron chi connectivity index (χ3n) is 4.78. The normalized spacial score (nSPS) is 22.0. The molecule has 2 aliphatic heterocycles. The molecule has 23 heavy (non-hydrogen) atoms. The van der Waals surface area contributed by atoms with Gasteiger partial charge in [-0.25, -0.2) is 4.98 Å². The van der Waals surface area contributed by atoms with Crippen LogP contribution in [-0.2, 0) is 4.79 Å². The molecule has 7 nitrogen and oxygen atoms in total. The van der Waals surface area contributed by atoms with Crippen molar-refractivity contribution < 1.29 is 4.79 Å². The van der Waals surface area contributed by atoms with Crippen LogP contribution >= 0.6 is 0 Å². The lowest BCUT2D eigenvalue weighted by Gasteiger charge is -2.35. The van der Waals surface area contributed by atoms with Crippen LogP contribution in [0.5, 0.6) is 0 Å². The fourth-order valence-corrected chi connectivity index (χ4v) is 3.08. The van der Waals surface area contributed by atoms with Crippen molar-refractivity contribution in [2.45, 2.75) is 25.8 Å². The van der Waals surface area contributed by atoms with E-state index in [2.05, 4.69) is 25.5 Å². The van der Waals surface area contributed by atoms with Gasteiger partial charge >= 0.3 is 0 Å². The SMILES string of the molecule is Cc1cc(NC2CNC2)nc(N2CCN(C(=O)C3CC3)CC2)n1. The Labute approximate surface area is 136 Å². The van der Waals surface area contributed by atoms with Crippen molar-refractivity contribution >= 4 is 17.7 Å². The first-order valence-corrected chi connectivity index (χ1v) is 8.56. The van der Waals surface area contributed by atoms with Gasteiger partial charge in [0.05, 0.1) is 6.04 Å². The summed E-state index contributed by atoms with van der Waals surface area (Å²) < 4.78 is 0. The Morgan fingerprint density at radius 1 is 1.22 bits per heavy atom. The maximum Gasteiger partial charge on any atom is 0.227 e. The average Bonchev–Trinajstić information content (AvgIpc) is 3.35. The molecular formula is C16H24N6O. The number of carbonyl (C=O) groups excluding carboxylic acids is 1. The molecule has 0 bridgehead atoms. The Morgan fingerprint density at radius 2 is 1.96 bits per heavy atom. The summed E-state index contributed by atoms with van der Waals surface area (Å²) in [5, 5.41) is 6.69. The van der Waals surface area contributed by atoms with E-state index in [1.165, 1.54) is 0 Å². The van der Waals surface area contributed by atoms with Crippen molar-refractivity contribution in [3.05, 3.63) is 11.8 Å². The fraction of sp³-hybridized carbons (Fsp3) is 0.688. The van der Waals surface area contributed by atoms with E-state index in [9.17, 15) is 4.79 Å². The van der Waals surface area contributed by atoms with Gasteiger partial charge in [0, 0.05) is 56.9 Å². The number of anilines is 2. The maximum absolute atomic E-state index is 12.1. The van der Waals surface area contributed by atoms with E-state index in [-0.39, 0.29) is 0 Å². The van der Waals surface area contributed by atoms with Gasteiger partial charge in [-0.15, -0.1) is 0 Å². The first-order chi connectivity index (χ1) is 11.2. The molecule has 1 aromatic rings. The highest BCUT2D eigenvalue weighted by atomic mass is 16.2. The van der Waals surface area contributed by atoms with Gasteiger partial charge in [-0.2, -0.15) is 4.98 Å². The molecule has 4 rings (SSSR count). The minimum absolute atomic E-state index is 0.309. The number of carbonyl (C=O) groups is 1. The van der Waals surface area contributed by atoms with Crippen LogP contribution in [0.3, 0.4) is 0 Å². The molecule has 0 spiro atoms. The zero-order chi connectivity index (χ0) is 15.8.